The van der Waals surface area contributed by atoms with Crippen molar-refractivity contribution in [3.05, 3.63) is 70.5 Å². The Kier molecular flexibility index (Phi) is 4.34. The number of aromatic nitrogens is 1. The summed E-state index contributed by atoms with van der Waals surface area (Å²) in [5, 5.41) is 0.0371. The van der Waals surface area contributed by atoms with Crippen molar-refractivity contribution < 1.29 is 8.81 Å². The number of halogens is 1. The molecule has 3 rings (SSSR count). The van der Waals surface area contributed by atoms with E-state index < -0.39 is 0 Å². The van der Waals surface area contributed by atoms with Gasteiger partial charge in [0, 0.05) is 23.1 Å². The molecular formula is C17H16FNO2S. The molecule has 0 amide bonds. The first-order chi connectivity index (χ1) is 10.7. The molecule has 0 aliphatic heterocycles. The van der Waals surface area contributed by atoms with Crippen molar-refractivity contribution in [1.29, 1.82) is 0 Å². The zero-order chi connectivity index (χ0) is 15.5. The van der Waals surface area contributed by atoms with Gasteiger partial charge < -0.3 is 4.42 Å². The van der Waals surface area contributed by atoms with E-state index in [1.807, 2.05) is 31.2 Å². The molecule has 0 aliphatic rings. The van der Waals surface area contributed by atoms with Gasteiger partial charge in [0.25, 0.3) is 0 Å². The van der Waals surface area contributed by atoms with Crippen molar-refractivity contribution in [1.82, 2.24) is 4.57 Å². The number of rotatable bonds is 5. The van der Waals surface area contributed by atoms with Gasteiger partial charge in [-0.05, 0) is 25.1 Å². The van der Waals surface area contributed by atoms with Gasteiger partial charge in [-0.3, -0.25) is 4.57 Å². The molecule has 0 spiro atoms. The lowest BCUT2D eigenvalue weighted by Crippen LogP contribution is -2.15. The van der Waals surface area contributed by atoms with Gasteiger partial charge in [-0.25, -0.2) is 9.18 Å². The fourth-order valence-corrected chi connectivity index (χ4v) is 3.45. The molecule has 0 aliphatic carbocycles. The first kappa shape index (κ1) is 14.9. The Labute approximate surface area is 131 Å². The van der Waals surface area contributed by atoms with Crippen LogP contribution in [0.3, 0.4) is 0 Å². The highest BCUT2D eigenvalue weighted by Crippen LogP contribution is 2.30. The number of thioether (sulfide) groups is 1. The second kappa shape index (κ2) is 6.40. The number of nitrogens with zero attached hydrogens (tertiary/aromatic N) is 1. The van der Waals surface area contributed by atoms with E-state index in [-0.39, 0.29) is 16.8 Å². The monoisotopic (exact) mass is 317 g/mol. The number of fused-ring (bicyclic) bond motifs is 1. The minimum absolute atomic E-state index is 0.0371. The fraction of sp³-hybridized carbons (Fsp3) is 0.235. The maximum absolute atomic E-state index is 13.7. The minimum Gasteiger partial charge on any atom is -0.408 e. The molecule has 1 atom stereocenters. The van der Waals surface area contributed by atoms with E-state index in [9.17, 15) is 9.18 Å². The van der Waals surface area contributed by atoms with Gasteiger partial charge in [-0.15, -0.1) is 0 Å². The quantitative estimate of drug-likeness (QED) is 0.706. The molecule has 3 aromatic rings. The van der Waals surface area contributed by atoms with Gasteiger partial charge in [0.05, 0.1) is 5.52 Å². The summed E-state index contributed by atoms with van der Waals surface area (Å²) in [6, 6.07) is 14.2. The molecular weight excluding hydrogens is 301 g/mol. The summed E-state index contributed by atoms with van der Waals surface area (Å²) in [5.74, 6) is 0.174. The van der Waals surface area contributed by atoms with Crippen LogP contribution >= 0.6 is 11.8 Å². The van der Waals surface area contributed by atoms with Crippen molar-refractivity contribution in [3.8, 4) is 0 Å². The third-order valence-corrected chi connectivity index (χ3v) is 4.77. The van der Waals surface area contributed by atoms with Gasteiger partial charge in [0.15, 0.2) is 5.58 Å². The third kappa shape index (κ3) is 2.95. The van der Waals surface area contributed by atoms with E-state index in [0.717, 1.165) is 5.52 Å². The maximum atomic E-state index is 13.7. The van der Waals surface area contributed by atoms with E-state index in [0.29, 0.717) is 23.4 Å². The smallest absolute Gasteiger partial charge is 0.408 e. The summed E-state index contributed by atoms with van der Waals surface area (Å²) in [7, 11) is 0. The second-order valence-electron chi connectivity index (χ2n) is 5.02. The van der Waals surface area contributed by atoms with Crippen LogP contribution in [0.15, 0.2) is 57.7 Å². The summed E-state index contributed by atoms with van der Waals surface area (Å²) in [5.41, 5.74) is 2.09. The van der Waals surface area contributed by atoms with E-state index in [2.05, 4.69) is 0 Å². The Morgan fingerprint density at radius 2 is 1.91 bits per heavy atom. The average molecular weight is 317 g/mol. The Morgan fingerprint density at radius 1 is 1.18 bits per heavy atom. The highest BCUT2D eigenvalue weighted by molar-refractivity contribution is 7.99. The summed E-state index contributed by atoms with van der Waals surface area (Å²) < 4.78 is 20.5. The number of oxazole rings is 1. The van der Waals surface area contributed by atoms with E-state index >= 15 is 0 Å². The van der Waals surface area contributed by atoms with Crippen LogP contribution in [0.4, 0.5) is 4.39 Å². The Bertz CT molecular complexity index is 840. The first-order valence-electron chi connectivity index (χ1n) is 7.11. The van der Waals surface area contributed by atoms with Crippen LogP contribution < -0.4 is 5.76 Å². The van der Waals surface area contributed by atoms with Crippen LogP contribution in [0.25, 0.3) is 11.1 Å². The SMILES string of the molecule is CC(SCCn1c(=O)oc2ccccc21)c1ccccc1F. The van der Waals surface area contributed by atoms with Crippen molar-refractivity contribution in [2.24, 2.45) is 0 Å². The van der Waals surface area contributed by atoms with Crippen molar-refractivity contribution in [2.45, 2.75) is 18.7 Å². The topological polar surface area (TPSA) is 35.1 Å². The Morgan fingerprint density at radius 3 is 2.73 bits per heavy atom. The lowest BCUT2D eigenvalue weighted by atomic mass is 10.1. The number of benzene rings is 2. The molecule has 0 bridgehead atoms. The summed E-state index contributed by atoms with van der Waals surface area (Å²) in [6.45, 7) is 2.51. The largest absolute Gasteiger partial charge is 0.419 e. The molecule has 0 N–H and O–H groups in total. The van der Waals surface area contributed by atoms with E-state index in [1.165, 1.54) is 6.07 Å². The molecule has 5 heteroatoms. The van der Waals surface area contributed by atoms with Crippen LogP contribution in [0.2, 0.25) is 0 Å². The molecule has 22 heavy (non-hydrogen) atoms. The van der Waals surface area contributed by atoms with Gasteiger partial charge in [-0.1, -0.05) is 30.3 Å². The highest BCUT2D eigenvalue weighted by Gasteiger charge is 2.12. The van der Waals surface area contributed by atoms with Crippen LogP contribution in [-0.4, -0.2) is 10.3 Å². The molecule has 0 saturated carbocycles. The molecule has 0 radical (unpaired) electrons. The number of hydrogen-bond donors (Lipinski definition) is 0. The molecule has 1 aromatic heterocycles. The molecule has 2 aromatic carbocycles. The predicted molar refractivity (Wildman–Crippen MR) is 87.7 cm³/mol. The number of para-hydroxylation sites is 2. The zero-order valence-corrected chi connectivity index (χ0v) is 13.0. The van der Waals surface area contributed by atoms with Gasteiger partial charge in [-0.2, -0.15) is 11.8 Å². The molecule has 1 unspecified atom stereocenters. The normalized spacial score (nSPS) is 12.6. The van der Waals surface area contributed by atoms with Crippen LogP contribution in [0.5, 0.6) is 0 Å². The van der Waals surface area contributed by atoms with Crippen molar-refractivity contribution in [2.75, 3.05) is 5.75 Å². The first-order valence-corrected chi connectivity index (χ1v) is 8.16. The second-order valence-corrected chi connectivity index (χ2v) is 6.47. The van der Waals surface area contributed by atoms with E-state index in [4.69, 9.17) is 4.42 Å². The van der Waals surface area contributed by atoms with Crippen molar-refractivity contribution in [3.63, 3.8) is 0 Å². The number of aryl methyl sites for hydroxylation is 1. The maximum Gasteiger partial charge on any atom is 0.419 e. The summed E-state index contributed by atoms with van der Waals surface area (Å²) in [6.07, 6.45) is 0. The molecule has 0 saturated heterocycles. The lowest BCUT2D eigenvalue weighted by Gasteiger charge is -2.12. The van der Waals surface area contributed by atoms with E-state index in [1.54, 1.807) is 34.5 Å². The predicted octanol–water partition coefficient (Wildman–Crippen LogP) is 4.23. The molecule has 114 valence electrons. The molecule has 1 heterocycles. The van der Waals surface area contributed by atoms with Crippen LogP contribution in [0.1, 0.15) is 17.7 Å². The standard InChI is InChI=1S/C17H16FNO2S/c1-12(13-6-2-3-7-14(13)18)22-11-10-19-15-8-4-5-9-16(15)21-17(19)20/h2-9,12H,10-11H2,1H3. The van der Waals surface area contributed by atoms with Gasteiger partial charge >= 0.3 is 5.76 Å². The summed E-state index contributed by atoms with van der Waals surface area (Å²) >= 11 is 1.62. The third-order valence-electron chi connectivity index (χ3n) is 3.60. The van der Waals surface area contributed by atoms with Gasteiger partial charge in [0.1, 0.15) is 5.82 Å². The van der Waals surface area contributed by atoms with Crippen LogP contribution in [0, 0.1) is 5.82 Å². The van der Waals surface area contributed by atoms with Crippen LogP contribution in [-0.2, 0) is 6.54 Å². The van der Waals surface area contributed by atoms with Gasteiger partial charge in [0.2, 0.25) is 0 Å². The highest BCUT2D eigenvalue weighted by atomic mass is 32.2. The average Bonchev–Trinajstić information content (AvgIpc) is 2.83. The summed E-state index contributed by atoms with van der Waals surface area (Å²) in [4.78, 5) is 11.9. The molecule has 3 nitrogen and oxygen atoms in total. The minimum atomic E-state index is -0.347. The Balaban J connectivity index is 1.69. The fourth-order valence-electron chi connectivity index (χ4n) is 2.44. The number of hydrogen-bond acceptors (Lipinski definition) is 3. The Hall–Kier alpha value is -2.01. The molecule has 0 fully saturated rings. The zero-order valence-electron chi connectivity index (χ0n) is 12.2. The lowest BCUT2D eigenvalue weighted by molar-refractivity contribution is 0.514. The van der Waals surface area contributed by atoms with Crippen molar-refractivity contribution >= 4 is 22.9 Å².